The predicted molar refractivity (Wildman–Crippen MR) is 89.4 cm³/mol. The predicted octanol–water partition coefficient (Wildman–Crippen LogP) is 3.04. The maximum Gasteiger partial charge on any atom is 0.154 e. The number of ether oxygens (including phenoxy) is 4. The standard InChI is InChI=1S/C16H26O4S2/c1-21-15-9-13-12(6-4-7-17-13)20-16(15,22-2)10-14-11(19-15)5-3-8-18-14/h11-14H,3-10H2,1-2H3/t11-,12+,13-,14+,15-,16+. The second-order valence-electron chi connectivity index (χ2n) is 6.74. The molecule has 4 nitrogen and oxygen atoms in total. The van der Waals surface area contributed by atoms with Gasteiger partial charge in [-0.2, -0.15) is 0 Å². The second kappa shape index (κ2) is 6.12. The summed E-state index contributed by atoms with van der Waals surface area (Å²) >= 11 is 3.62. The molecule has 4 aliphatic heterocycles. The van der Waals surface area contributed by atoms with Crippen LogP contribution in [0.25, 0.3) is 0 Å². The molecule has 0 aromatic rings. The Bertz CT molecular complexity index is 353. The van der Waals surface area contributed by atoms with Gasteiger partial charge in [0.2, 0.25) is 0 Å². The number of rotatable bonds is 2. The van der Waals surface area contributed by atoms with Crippen LogP contribution in [0.4, 0.5) is 0 Å². The van der Waals surface area contributed by atoms with E-state index in [0.29, 0.717) is 0 Å². The summed E-state index contributed by atoms with van der Waals surface area (Å²) in [6.45, 7) is 1.72. The van der Waals surface area contributed by atoms with E-state index in [1.165, 1.54) is 0 Å². The smallest absolute Gasteiger partial charge is 0.154 e. The van der Waals surface area contributed by atoms with Crippen LogP contribution < -0.4 is 0 Å². The van der Waals surface area contributed by atoms with E-state index in [4.69, 9.17) is 18.9 Å². The van der Waals surface area contributed by atoms with Crippen molar-refractivity contribution in [1.29, 1.82) is 0 Å². The van der Waals surface area contributed by atoms with Crippen molar-refractivity contribution in [2.24, 2.45) is 0 Å². The zero-order chi connectivity index (χ0) is 15.2. The highest BCUT2D eigenvalue weighted by atomic mass is 32.2. The molecule has 4 saturated heterocycles. The maximum atomic E-state index is 6.69. The SMILES string of the molecule is CS[C@@]12C[C@@H]3OCCC[C@H]3O[C@@]1(SC)C[C@H]1OCCC[C@@H]1O2. The van der Waals surface area contributed by atoms with Crippen molar-refractivity contribution in [3.63, 3.8) is 0 Å². The molecule has 4 rings (SSSR count). The molecule has 0 aromatic heterocycles. The van der Waals surface area contributed by atoms with Gasteiger partial charge in [0.25, 0.3) is 0 Å². The Morgan fingerprint density at radius 1 is 0.727 bits per heavy atom. The Hall–Kier alpha value is 0.540. The molecule has 0 aliphatic carbocycles. The average molecular weight is 347 g/mol. The monoisotopic (exact) mass is 346 g/mol. The van der Waals surface area contributed by atoms with E-state index in [-0.39, 0.29) is 34.3 Å². The van der Waals surface area contributed by atoms with Gasteiger partial charge in [0, 0.05) is 26.1 Å². The number of thioether (sulfide) groups is 2. The van der Waals surface area contributed by atoms with Crippen LogP contribution in [-0.2, 0) is 18.9 Å². The van der Waals surface area contributed by atoms with E-state index in [0.717, 1.165) is 51.7 Å². The van der Waals surface area contributed by atoms with Gasteiger partial charge in [-0.3, -0.25) is 0 Å². The van der Waals surface area contributed by atoms with Crippen LogP contribution in [0.2, 0.25) is 0 Å². The number of hydrogen-bond donors (Lipinski definition) is 0. The van der Waals surface area contributed by atoms with Gasteiger partial charge in [-0.25, -0.2) is 0 Å². The van der Waals surface area contributed by atoms with Crippen molar-refractivity contribution < 1.29 is 18.9 Å². The third-order valence-electron chi connectivity index (χ3n) is 5.62. The molecule has 0 amide bonds. The fourth-order valence-electron chi connectivity index (χ4n) is 4.45. The van der Waals surface area contributed by atoms with Crippen molar-refractivity contribution in [2.45, 2.75) is 72.8 Å². The summed E-state index contributed by atoms with van der Waals surface area (Å²) in [5.41, 5.74) is 0. The highest BCUT2D eigenvalue weighted by Gasteiger charge is 2.65. The van der Waals surface area contributed by atoms with E-state index < -0.39 is 0 Å². The molecule has 0 unspecified atom stereocenters. The van der Waals surface area contributed by atoms with Gasteiger partial charge >= 0.3 is 0 Å². The minimum Gasteiger partial charge on any atom is -0.375 e. The van der Waals surface area contributed by atoms with Crippen LogP contribution in [0.15, 0.2) is 0 Å². The molecule has 4 heterocycles. The van der Waals surface area contributed by atoms with Crippen LogP contribution in [0.1, 0.15) is 38.5 Å². The highest BCUT2D eigenvalue weighted by molar-refractivity contribution is 8.04. The fraction of sp³-hybridized carbons (Fsp3) is 1.00. The minimum absolute atomic E-state index is 0.183. The van der Waals surface area contributed by atoms with Crippen molar-refractivity contribution in [3.8, 4) is 0 Å². The van der Waals surface area contributed by atoms with Gasteiger partial charge in [0.05, 0.1) is 24.4 Å². The molecule has 0 N–H and O–H groups in total. The first kappa shape index (κ1) is 16.0. The van der Waals surface area contributed by atoms with E-state index in [9.17, 15) is 0 Å². The van der Waals surface area contributed by atoms with Gasteiger partial charge in [-0.05, 0) is 38.2 Å². The largest absolute Gasteiger partial charge is 0.375 e. The molecule has 6 atom stereocenters. The first-order valence-electron chi connectivity index (χ1n) is 8.41. The Morgan fingerprint density at radius 2 is 1.18 bits per heavy atom. The van der Waals surface area contributed by atoms with E-state index >= 15 is 0 Å². The van der Waals surface area contributed by atoms with Crippen LogP contribution in [0.3, 0.4) is 0 Å². The first-order chi connectivity index (χ1) is 10.7. The Morgan fingerprint density at radius 3 is 1.59 bits per heavy atom. The first-order valence-corrected chi connectivity index (χ1v) is 10.9. The molecule has 0 radical (unpaired) electrons. The third kappa shape index (κ3) is 2.37. The van der Waals surface area contributed by atoms with E-state index in [2.05, 4.69) is 12.5 Å². The van der Waals surface area contributed by atoms with Crippen LogP contribution in [0, 0.1) is 0 Å². The third-order valence-corrected chi connectivity index (χ3v) is 8.26. The van der Waals surface area contributed by atoms with Gasteiger partial charge in [-0.15, -0.1) is 23.5 Å². The molecule has 4 aliphatic rings. The lowest BCUT2D eigenvalue weighted by molar-refractivity contribution is -0.296. The molecule has 0 aromatic carbocycles. The highest BCUT2D eigenvalue weighted by Crippen LogP contribution is 2.59. The Kier molecular flexibility index (Phi) is 4.46. The fourth-order valence-corrected chi connectivity index (χ4v) is 6.94. The van der Waals surface area contributed by atoms with E-state index in [1.54, 1.807) is 0 Å². The lowest BCUT2D eigenvalue weighted by Crippen LogP contribution is -2.69. The quantitative estimate of drug-likeness (QED) is 0.765. The van der Waals surface area contributed by atoms with Gasteiger partial charge in [-0.1, -0.05) is 0 Å². The van der Waals surface area contributed by atoms with Crippen molar-refractivity contribution in [1.82, 2.24) is 0 Å². The van der Waals surface area contributed by atoms with Crippen LogP contribution >= 0.6 is 23.5 Å². The molecule has 0 spiro atoms. The lowest BCUT2D eigenvalue weighted by Gasteiger charge is -2.61. The van der Waals surface area contributed by atoms with Gasteiger partial charge < -0.3 is 18.9 Å². The zero-order valence-corrected chi connectivity index (χ0v) is 15.0. The molecule has 22 heavy (non-hydrogen) atoms. The van der Waals surface area contributed by atoms with Crippen LogP contribution in [-0.4, -0.2) is 60.0 Å². The topological polar surface area (TPSA) is 36.9 Å². The van der Waals surface area contributed by atoms with Crippen LogP contribution in [0.5, 0.6) is 0 Å². The summed E-state index contributed by atoms with van der Waals surface area (Å²) in [5, 5.41) is 0. The van der Waals surface area contributed by atoms with Gasteiger partial charge in [0.1, 0.15) is 0 Å². The summed E-state index contributed by atoms with van der Waals surface area (Å²) in [7, 11) is 0. The molecule has 4 fully saturated rings. The maximum absolute atomic E-state index is 6.69. The van der Waals surface area contributed by atoms with E-state index in [1.807, 2.05) is 23.5 Å². The average Bonchev–Trinajstić information content (AvgIpc) is 2.57. The van der Waals surface area contributed by atoms with Crippen molar-refractivity contribution in [2.75, 3.05) is 25.7 Å². The van der Waals surface area contributed by atoms with Gasteiger partial charge in [0.15, 0.2) is 9.87 Å². The molecule has 6 heteroatoms. The minimum atomic E-state index is -0.313. The summed E-state index contributed by atoms with van der Waals surface area (Å²) in [6, 6.07) is 0. The Balaban J connectivity index is 1.67. The molecule has 0 saturated carbocycles. The summed E-state index contributed by atoms with van der Waals surface area (Å²) < 4.78 is 25.4. The zero-order valence-electron chi connectivity index (χ0n) is 13.4. The summed E-state index contributed by atoms with van der Waals surface area (Å²) in [4.78, 5) is -0.625. The van der Waals surface area contributed by atoms with Crippen molar-refractivity contribution in [3.05, 3.63) is 0 Å². The molecular formula is C16H26O4S2. The van der Waals surface area contributed by atoms with Crippen molar-refractivity contribution >= 4 is 23.5 Å². The summed E-state index contributed by atoms with van der Waals surface area (Å²) in [6.07, 6.45) is 11.4. The molecule has 126 valence electrons. The number of fused-ring (bicyclic) bond motifs is 3. The molecule has 0 bridgehead atoms. The Labute approximate surface area is 141 Å². The summed E-state index contributed by atoms with van der Waals surface area (Å²) in [5.74, 6) is 0. The second-order valence-corrected chi connectivity index (χ2v) is 8.87. The number of hydrogen-bond acceptors (Lipinski definition) is 6. The molecular weight excluding hydrogens is 320 g/mol. The normalized spacial score (nSPS) is 51.5. The lowest BCUT2D eigenvalue weighted by atomic mass is 9.85.